The number of benzene rings is 1. The third-order valence-electron chi connectivity index (χ3n) is 2.23. The highest BCUT2D eigenvalue weighted by molar-refractivity contribution is 5.75. The fourth-order valence-electron chi connectivity index (χ4n) is 1.29. The summed E-state index contributed by atoms with van der Waals surface area (Å²) in [6.07, 6.45) is -0.296. The third kappa shape index (κ3) is 5.03. The number of carbonyl (C=O) groups excluding carboxylic acids is 1. The molecule has 0 aliphatic heterocycles. The Kier molecular flexibility index (Phi) is 5.96. The Bertz CT molecular complexity index is 363. The number of methoxy groups -OCH3 is 2. The number of primary amides is 1. The predicted molar refractivity (Wildman–Crippen MR) is 67.4 cm³/mol. The van der Waals surface area contributed by atoms with Crippen LogP contribution in [0.3, 0.4) is 0 Å². The van der Waals surface area contributed by atoms with Gasteiger partial charge in [-0.05, 0) is 24.3 Å². The van der Waals surface area contributed by atoms with Gasteiger partial charge < -0.3 is 25.3 Å². The van der Waals surface area contributed by atoms with Gasteiger partial charge in [0, 0.05) is 19.9 Å². The number of anilines is 1. The summed E-state index contributed by atoms with van der Waals surface area (Å²) in [6, 6.07) is 7.16. The van der Waals surface area contributed by atoms with E-state index in [0.717, 1.165) is 5.69 Å². The lowest BCUT2D eigenvalue weighted by molar-refractivity contribution is -0.119. The van der Waals surface area contributed by atoms with Crippen molar-refractivity contribution in [2.75, 3.05) is 32.7 Å². The summed E-state index contributed by atoms with van der Waals surface area (Å²) >= 11 is 0. The van der Waals surface area contributed by atoms with E-state index >= 15 is 0 Å². The van der Waals surface area contributed by atoms with Gasteiger partial charge in [0.25, 0.3) is 5.91 Å². The Labute approximate surface area is 106 Å². The van der Waals surface area contributed by atoms with E-state index in [4.69, 9.17) is 19.9 Å². The number of nitrogens with one attached hydrogen (secondary N) is 1. The molecule has 100 valence electrons. The zero-order valence-electron chi connectivity index (χ0n) is 10.5. The predicted octanol–water partition coefficient (Wildman–Crippen LogP) is 0.581. The van der Waals surface area contributed by atoms with Crippen molar-refractivity contribution in [1.82, 2.24) is 0 Å². The summed E-state index contributed by atoms with van der Waals surface area (Å²) in [5.41, 5.74) is 5.88. The lowest BCUT2D eigenvalue weighted by Gasteiger charge is -2.15. The Morgan fingerprint density at radius 3 is 2.39 bits per heavy atom. The zero-order chi connectivity index (χ0) is 13.4. The second-order valence-corrected chi connectivity index (χ2v) is 3.56. The lowest BCUT2D eigenvalue weighted by Crippen LogP contribution is -2.23. The molecule has 0 unspecified atom stereocenters. The van der Waals surface area contributed by atoms with Crippen LogP contribution < -0.4 is 15.8 Å². The first-order valence-corrected chi connectivity index (χ1v) is 5.46. The number of hydrogen-bond acceptors (Lipinski definition) is 5. The second kappa shape index (κ2) is 7.52. The number of amides is 1. The molecule has 0 spiro atoms. The van der Waals surface area contributed by atoms with Gasteiger partial charge in [-0.2, -0.15) is 0 Å². The molecule has 0 bridgehead atoms. The summed E-state index contributed by atoms with van der Waals surface area (Å²) in [5, 5.41) is 3.14. The van der Waals surface area contributed by atoms with E-state index < -0.39 is 5.91 Å². The van der Waals surface area contributed by atoms with Gasteiger partial charge in [-0.15, -0.1) is 0 Å². The van der Waals surface area contributed by atoms with Gasteiger partial charge in [0.1, 0.15) is 5.75 Å². The highest BCUT2D eigenvalue weighted by atomic mass is 16.7. The normalized spacial score (nSPS) is 10.4. The Morgan fingerprint density at radius 2 is 1.89 bits per heavy atom. The number of hydrogen-bond donors (Lipinski definition) is 2. The van der Waals surface area contributed by atoms with Crippen molar-refractivity contribution in [3.05, 3.63) is 24.3 Å². The molecule has 1 rings (SSSR count). The molecule has 1 amide bonds. The van der Waals surface area contributed by atoms with Crippen LogP contribution in [0.25, 0.3) is 0 Å². The van der Waals surface area contributed by atoms with E-state index in [-0.39, 0.29) is 12.9 Å². The first-order valence-electron chi connectivity index (χ1n) is 5.46. The smallest absolute Gasteiger partial charge is 0.255 e. The molecular formula is C12H18N2O4. The quantitative estimate of drug-likeness (QED) is 0.663. The van der Waals surface area contributed by atoms with Gasteiger partial charge in [0.05, 0.1) is 6.54 Å². The monoisotopic (exact) mass is 254 g/mol. The molecule has 0 saturated carbocycles. The van der Waals surface area contributed by atoms with Crippen LogP contribution in [0.2, 0.25) is 0 Å². The first kappa shape index (κ1) is 14.3. The highest BCUT2D eigenvalue weighted by Gasteiger charge is 2.04. The molecule has 0 heterocycles. The minimum Gasteiger partial charge on any atom is -0.484 e. The van der Waals surface area contributed by atoms with Crippen molar-refractivity contribution >= 4 is 11.6 Å². The SMILES string of the molecule is COC(CNc1ccc(OCC(N)=O)cc1)OC. The molecule has 0 fully saturated rings. The molecule has 1 aromatic carbocycles. The fraction of sp³-hybridized carbons (Fsp3) is 0.417. The minimum atomic E-state index is -0.500. The molecule has 0 saturated heterocycles. The molecule has 6 nitrogen and oxygen atoms in total. The maximum Gasteiger partial charge on any atom is 0.255 e. The molecular weight excluding hydrogens is 236 g/mol. The van der Waals surface area contributed by atoms with E-state index in [1.165, 1.54) is 0 Å². The van der Waals surface area contributed by atoms with E-state index in [1.807, 2.05) is 12.1 Å². The Morgan fingerprint density at radius 1 is 1.28 bits per heavy atom. The first-order chi connectivity index (χ1) is 8.65. The van der Waals surface area contributed by atoms with Crippen LogP contribution in [0.5, 0.6) is 5.75 Å². The standard InChI is InChI=1S/C12H18N2O4/c1-16-12(17-2)7-14-9-3-5-10(6-4-9)18-8-11(13)15/h3-6,12,14H,7-8H2,1-2H3,(H2,13,15). The van der Waals surface area contributed by atoms with Gasteiger partial charge in [0.2, 0.25) is 0 Å². The molecule has 6 heteroatoms. The van der Waals surface area contributed by atoms with E-state index in [1.54, 1.807) is 26.4 Å². The topological polar surface area (TPSA) is 82.8 Å². The number of nitrogens with two attached hydrogens (primary N) is 1. The van der Waals surface area contributed by atoms with E-state index in [2.05, 4.69) is 5.32 Å². The second-order valence-electron chi connectivity index (χ2n) is 3.56. The molecule has 0 aliphatic carbocycles. The average molecular weight is 254 g/mol. The van der Waals surface area contributed by atoms with Crippen LogP contribution in [0, 0.1) is 0 Å². The van der Waals surface area contributed by atoms with Crippen molar-refractivity contribution < 1.29 is 19.0 Å². The molecule has 0 radical (unpaired) electrons. The van der Waals surface area contributed by atoms with Crippen LogP contribution >= 0.6 is 0 Å². The summed E-state index contributed by atoms with van der Waals surface area (Å²) in [5.74, 6) is 0.0922. The van der Waals surface area contributed by atoms with Crippen molar-refractivity contribution in [3.8, 4) is 5.75 Å². The van der Waals surface area contributed by atoms with Crippen LogP contribution in [0.15, 0.2) is 24.3 Å². The van der Waals surface area contributed by atoms with Crippen molar-refractivity contribution in [2.24, 2.45) is 5.73 Å². The van der Waals surface area contributed by atoms with Crippen molar-refractivity contribution in [3.63, 3.8) is 0 Å². The molecule has 0 aliphatic rings. The fourth-order valence-corrected chi connectivity index (χ4v) is 1.29. The summed E-state index contributed by atoms with van der Waals surface area (Å²) in [6.45, 7) is 0.413. The van der Waals surface area contributed by atoms with Gasteiger partial charge in [-0.25, -0.2) is 0 Å². The maximum atomic E-state index is 10.5. The average Bonchev–Trinajstić information content (AvgIpc) is 2.39. The van der Waals surface area contributed by atoms with Gasteiger partial charge >= 0.3 is 0 Å². The summed E-state index contributed by atoms with van der Waals surface area (Å²) < 4.78 is 15.2. The van der Waals surface area contributed by atoms with Crippen LogP contribution in [0.4, 0.5) is 5.69 Å². The van der Waals surface area contributed by atoms with Gasteiger partial charge in [-0.1, -0.05) is 0 Å². The molecule has 0 atom stereocenters. The molecule has 3 N–H and O–H groups in total. The molecule has 0 aromatic heterocycles. The number of ether oxygens (including phenoxy) is 3. The third-order valence-corrected chi connectivity index (χ3v) is 2.23. The van der Waals surface area contributed by atoms with Gasteiger partial charge in [-0.3, -0.25) is 4.79 Å². The van der Waals surface area contributed by atoms with E-state index in [9.17, 15) is 4.79 Å². The van der Waals surface area contributed by atoms with Crippen molar-refractivity contribution in [2.45, 2.75) is 6.29 Å². The number of rotatable bonds is 8. The zero-order valence-corrected chi connectivity index (χ0v) is 10.5. The Hall–Kier alpha value is -1.79. The largest absolute Gasteiger partial charge is 0.484 e. The Balaban J connectivity index is 2.42. The van der Waals surface area contributed by atoms with Crippen LogP contribution in [-0.2, 0) is 14.3 Å². The van der Waals surface area contributed by atoms with Crippen molar-refractivity contribution in [1.29, 1.82) is 0 Å². The number of carbonyl (C=O) groups is 1. The minimum absolute atomic E-state index is 0.123. The van der Waals surface area contributed by atoms with Crippen LogP contribution in [-0.4, -0.2) is 39.6 Å². The van der Waals surface area contributed by atoms with Crippen LogP contribution in [0.1, 0.15) is 0 Å². The lowest BCUT2D eigenvalue weighted by atomic mass is 10.3. The highest BCUT2D eigenvalue weighted by Crippen LogP contribution is 2.15. The van der Waals surface area contributed by atoms with Gasteiger partial charge in [0.15, 0.2) is 12.9 Å². The summed E-state index contributed by atoms with van der Waals surface area (Å²) in [4.78, 5) is 10.5. The maximum absolute atomic E-state index is 10.5. The van der Waals surface area contributed by atoms with E-state index in [0.29, 0.717) is 12.3 Å². The molecule has 18 heavy (non-hydrogen) atoms. The molecule has 1 aromatic rings. The summed E-state index contributed by atoms with van der Waals surface area (Å²) in [7, 11) is 3.16.